The maximum atomic E-state index is 13.2. The Balaban J connectivity index is 1.35. The molecule has 0 unspecified atom stereocenters. The summed E-state index contributed by atoms with van der Waals surface area (Å²) < 4.78 is 1.71. The Morgan fingerprint density at radius 1 is 1.16 bits per heavy atom. The van der Waals surface area contributed by atoms with Gasteiger partial charge >= 0.3 is 6.03 Å². The number of thiophene rings is 1. The zero-order chi connectivity index (χ0) is 22.1. The Morgan fingerprint density at radius 2 is 2.00 bits per heavy atom. The molecule has 0 bridgehead atoms. The summed E-state index contributed by atoms with van der Waals surface area (Å²) in [5.41, 5.74) is 4.15. The molecule has 4 aromatic rings. The molecule has 0 spiro atoms. The number of nitrogens with zero attached hydrogens (tertiary/aromatic N) is 3. The van der Waals surface area contributed by atoms with Gasteiger partial charge in [0.2, 0.25) is 0 Å². The summed E-state index contributed by atoms with van der Waals surface area (Å²) in [5, 5.41) is 3.70. The Labute approximate surface area is 190 Å². The number of amides is 2. The van der Waals surface area contributed by atoms with Gasteiger partial charge in [-0.2, -0.15) is 0 Å². The summed E-state index contributed by atoms with van der Waals surface area (Å²) in [4.78, 5) is 34.2. The van der Waals surface area contributed by atoms with E-state index >= 15 is 0 Å². The second-order valence-electron chi connectivity index (χ2n) is 8.13. The number of carbonyl (C=O) groups is 1. The van der Waals surface area contributed by atoms with Crippen molar-refractivity contribution in [3.8, 4) is 0 Å². The van der Waals surface area contributed by atoms with Crippen LogP contribution in [0.1, 0.15) is 21.6 Å². The number of aromatic nitrogens is 2. The summed E-state index contributed by atoms with van der Waals surface area (Å²) in [6.07, 6.45) is 3.10. The van der Waals surface area contributed by atoms with E-state index in [1.165, 1.54) is 16.9 Å². The Bertz CT molecular complexity index is 1340. The summed E-state index contributed by atoms with van der Waals surface area (Å²) in [6, 6.07) is 17.8. The maximum absolute atomic E-state index is 13.2. The molecule has 7 heteroatoms. The zero-order valence-electron chi connectivity index (χ0n) is 17.9. The van der Waals surface area contributed by atoms with Gasteiger partial charge in [0.1, 0.15) is 4.83 Å². The number of aryl methyl sites for hydroxylation is 3. The minimum atomic E-state index is -0.119. The fourth-order valence-corrected chi connectivity index (χ4v) is 5.36. The number of anilines is 1. The van der Waals surface area contributed by atoms with Crippen molar-refractivity contribution in [3.63, 3.8) is 0 Å². The standard InChI is InChI=1S/C25H24N4O2S/c1-17-6-5-9-19(14-17)27-25(31)28-13-11-20-21(15-28)32-23-22(20)24(30)29(16-26-23)12-10-18-7-3-2-4-8-18/h2-9,14,16H,10-13,15H2,1H3,(H,27,31). The number of urea groups is 1. The van der Waals surface area contributed by atoms with Crippen molar-refractivity contribution in [2.75, 3.05) is 11.9 Å². The molecule has 6 nitrogen and oxygen atoms in total. The van der Waals surface area contributed by atoms with Crippen LogP contribution < -0.4 is 10.9 Å². The van der Waals surface area contributed by atoms with Crippen LogP contribution in [-0.2, 0) is 25.9 Å². The van der Waals surface area contributed by atoms with Gasteiger partial charge in [-0.15, -0.1) is 11.3 Å². The van der Waals surface area contributed by atoms with E-state index in [0.29, 0.717) is 26.1 Å². The predicted molar refractivity (Wildman–Crippen MR) is 128 cm³/mol. The highest BCUT2D eigenvalue weighted by atomic mass is 32.1. The minimum Gasteiger partial charge on any atom is -0.319 e. The molecule has 2 aromatic carbocycles. The Kier molecular flexibility index (Phi) is 5.49. The third kappa shape index (κ3) is 4.03. The van der Waals surface area contributed by atoms with Crippen molar-refractivity contribution in [1.82, 2.24) is 14.5 Å². The highest BCUT2D eigenvalue weighted by Crippen LogP contribution is 2.32. The first-order chi connectivity index (χ1) is 15.6. The van der Waals surface area contributed by atoms with Gasteiger partial charge in [0.15, 0.2) is 0 Å². The summed E-state index contributed by atoms with van der Waals surface area (Å²) in [6.45, 7) is 3.67. The molecule has 0 atom stereocenters. The maximum Gasteiger partial charge on any atom is 0.322 e. The van der Waals surface area contributed by atoms with Crippen molar-refractivity contribution in [3.05, 3.63) is 92.8 Å². The fourth-order valence-electron chi connectivity index (χ4n) is 4.17. The van der Waals surface area contributed by atoms with Gasteiger partial charge < -0.3 is 10.2 Å². The second kappa shape index (κ2) is 8.59. The van der Waals surface area contributed by atoms with E-state index < -0.39 is 0 Å². The van der Waals surface area contributed by atoms with Crippen molar-refractivity contribution in [1.29, 1.82) is 0 Å². The largest absolute Gasteiger partial charge is 0.322 e. The molecule has 1 N–H and O–H groups in total. The monoisotopic (exact) mass is 444 g/mol. The summed E-state index contributed by atoms with van der Waals surface area (Å²) >= 11 is 1.52. The first-order valence-electron chi connectivity index (χ1n) is 10.7. The lowest BCUT2D eigenvalue weighted by molar-refractivity contribution is 0.207. The molecule has 1 aliphatic rings. The molecule has 5 rings (SSSR count). The SMILES string of the molecule is Cc1cccc(NC(=O)N2CCc3c(sc4ncn(CCc5ccccc5)c(=O)c34)C2)c1. The fraction of sp³-hybridized carbons (Fsp3) is 0.240. The summed E-state index contributed by atoms with van der Waals surface area (Å²) in [7, 11) is 0. The topological polar surface area (TPSA) is 67.2 Å². The van der Waals surface area contributed by atoms with E-state index in [1.54, 1.807) is 15.8 Å². The number of benzene rings is 2. The van der Waals surface area contributed by atoms with Gasteiger partial charge in [-0.25, -0.2) is 9.78 Å². The molecular weight excluding hydrogens is 420 g/mol. The van der Waals surface area contributed by atoms with Crippen LogP contribution in [0.25, 0.3) is 10.2 Å². The number of nitrogens with one attached hydrogen (secondary N) is 1. The third-order valence-electron chi connectivity index (χ3n) is 5.87. The van der Waals surface area contributed by atoms with Gasteiger partial charge in [-0.1, -0.05) is 42.5 Å². The van der Waals surface area contributed by atoms with Gasteiger partial charge in [-0.05, 0) is 48.6 Å². The first-order valence-corrected chi connectivity index (χ1v) is 11.6. The smallest absolute Gasteiger partial charge is 0.319 e. The van der Waals surface area contributed by atoms with Crippen LogP contribution in [0.2, 0.25) is 0 Å². The molecule has 3 heterocycles. The lowest BCUT2D eigenvalue weighted by atomic mass is 10.1. The normalized spacial score (nSPS) is 13.2. The number of hydrogen-bond donors (Lipinski definition) is 1. The van der Waals surface area contributed by atoms with Crippen LogP contribution in [0.5, 0.6) is 0 Å². The molecule has 0 saturated carbocycles. The molecule has 0 radical (unpaired) electrons. The van der Waals surface area contributed by atoms with E-state index in [-0.39, 0.29) is 11.6 Å². The lowest BCUT2D eigenvalue weighted by Crippen LogP contribution is -2.38. The molecule has 32 heavy (non-hydrogen) atoms. The highest BCUT2D eigenvalue weighted by Gasteiger charge is 2.26. The number of fused-ring (bicyclic) bond motifs is 3. The first kappa shape index (κ1) is 20.5. The predicted octanol–water partition coefficient (Wildman–Crippen LogP) is 4.60. The molecule has 162 valence electrons. The quantitative estimate of drug-likeness (QED) is 0.500. The van der Waals surface area contributed by atoms with Crippen molar-refractivity contribution in [2.45, 2.75) is 32.9 Å². The number of carbonyl (C=O) groups excluding carboxylic acids is 1. The molecule has 0 aliphatic carbocycles. The average molecular weight is 445 g/mol. The number of hydrogen-bond acceptors (Lipinski definition) is 4. The molecule has 0 fully saturated rings. The van der Waals surface area contributed by atoms with E-state index in [0.717, 1.165) is 38.3 Å². The second-order valence-corrected chi connectivity index (χ2v) is 9.22. The van der Waals surface area contributed by atoms with E-state index in [2.05, 4.69) is 22.4 Å². The van der Waals surface area contributed by atoms with Crippen LogP contribution in [-0.4, -0.2) is 27.0 Å². The Hall–Kier alpha value is -3.45. The van der Waals surface area contributed by atoms with Crippen LogP contribution >= 0.6 is 11.3 Å². The van der Waals surface area contributed by atoms with Gasteiger partial charge in [0.25, 0.3) is 5.56 Å². The van der Waals surface area contributed by atoms with Crippen LogP contribution in [0.4, 0.5) is 10.5 Å². The van der Waals surface area contributed by atoms with Crippen molar-refractivity contribution >= 4 is 33.3 Å². The van der Waals surface area contributed by atoms with Crippen molar-refractivity contribution < 1.29 is 4.79 Å². The molecule has 2 aromatic heterocycles. The third-order valence-corrected chi connectivity index (χ3v) is 6.99. The molecule has 2 amide bonds. The van der Waals surface area contributed by atoms with Gasteiger partial charge in [0, 0.05) is 23.7 Å². The molecular formula is C25H24N4O2S. The van der Waals surface area contributed by atoms with Crippen LogP contribution in [0.3, 0.4) is 0 Å². The van der Waals surface area contributed by atoms with Crippen molar-refractivity contribution in [2.24, 2.45) is 0 Å². The van der Waals surface area contributed by atoms with Crippen LogP contribution in [0, 0.1) is 6.92 Å². The lowest BCUT2D eigenvalue weighted by Gasteiger charge is -2.27. The van der Waals surface area contributed by atoms with Crippen LogP contribution in [0.15, 0.2) is 65.7 Å². The van der Waals surface area contributed by atoms with Gasteiger partial charge in [0.05, 0.1) is 18.3 Å². The number of rotatable bonds is 4. The van der Waals surface area contributed by atoms with Gasteiger partial charge in [-0.3, -0.25) is 9.36 Å². The minimum absolute atomic E-state index is 0.0149. The van der Waals surface area contributed by atoms with E-state index in [1.807, 2.05) is 49.4 Å². The molecule has 1 aliphatic heterocycles. The average Bonchev–Trinajstić information content (AvgIpc) is 3.18. The van der Waals surface area contributed by atoms with E-state index in [4.69, 9.17) is 0 Å². The Morgan fingerprint density at radius 3 is 2.81 bits per heavy atom. The van der Waals surface area contributed by atoms with E-state index in [9.17, 15) is 9.59 Å². The zero-order valence-corrected chi connectivity index (χ0v) is 18.7. The summed E-state index contributed by atoms with van der Waals surface area (Å²) in [5.74, 6) is 0. The highest BCUT2D eigenvalue weighted by molar-refractivity contribution is 7.18. The molecule has 0 saturated heterocycles.